The molecule has 1 saturated heterocycles. The van der Waals surface area contributed by atoms with E-state index in [-0.39, 0.29) is 0 Å². The summed E-state index contributed by atoms with van der Waals surface area (Å²) in [4.78, 5) is 18.1. The lowest BCUT2D eigenvalue weighted by Crippen LogP contribution is -2.46. The Kier molecular flexibility index (Phi) is 6.80. The number of anilines is 2. The molecule has 0 unspecified atom stereocenters. The number of halogens is 2. The number of benzene rings is 1. The Balaban J connectivity index is 1.25. The minimum absolute atomic E-state index is 0.504. The highest BCUT2D eigenvalue weighted by Crippen LogP contribution is 2.32. The maximum absolute atomic E-state index is 11.9. The maximum Gasteiger partial charge on any atom is 0.320 e. The minimum Gasteiger partial charge on any atom is -0.368 e. The first-order chi connectivity index (χ1) is 15.0. The van der Waals surface area contributed by atoms with Crippen LogP contribution in [0.2, 0.25) is 10.0 Å². The van der Waals surface area contributed by atoms with Gasteiger partial charge in [-0.25, -0.2) is 4.79 Å². The summed E-state index contributed by atoms with van der Waals surface area (Å²) < 4.78 is 1.50. The Morgan fingerprint density at radius 3 is 2.65 bits per heavy atom. The van der Waals surface area contributed by atoms with Gasteiger partial charge in [-0.2, -0.15) is 5.10 Å². The van der Waals surface area contributed by atoms with E-state index in [1.54, 1.807) is 6.20 Å². The van der Waals surface area contributed by atoms with E-state index in [2.05, 4.69) is 20.0 Å². The van der Waals surface area contributed by atoms with E-state index in [9.17, 15) is 4.79 Å². The number of aromatic nitrogens is 3. The van der Waals surface area contributed by atoms with E-state index in [1.165, 1.54) is 9.53 Å². The van der Waals surface area contributed by atoms with Gasteiger partial charge in [0, 0.05) is 45.0 Å². The molecule has 0 atom stereocenters. The largest absolute Gasteiger partial charge is 0.368 e. The van der Waals surface area contributed by atoms with Gasteiger partial charge in [0.2, 0.25) is 0 Å². The molecule has 31 heavy (non-hydrogen) atoms. The third-order valence-corrected chi connectivity index (χ3v) is 6.34. The third-order valence-electron chi connectivity index (χ3n) is 5.53. The van der Waals surface area contributed by atoms with Gasteiger partial charge >= 0.3 is 6.03 Å². The standard InChI is InChI=1S/C21H25Cl2N7O/c22-17-6-3-7-18(20(17)23)28-13-11-27(12-14-28)9-1-2-10-29(21(24)31)19-15-16-5-4-8-25-30(16)26-19/h3-8,15H,1-2,9-14H2,(H2,24,31). The number of amides is 2. The molecule has 0 saturated carbocycles. The molecule has 8 nitrogen and oxygen atoms in total. The predicted octanol–water partition coefficient (Wildman–Crippen LogP) is 3.52. The first-order valence-electron chi connectivity index (χ1n) is 10.3. The summed E-state index contributed by atoms with van der Waals surface area (Å²) >= 11 is 12.5. The van der Waals surface area contributed by atoms with Crippen LogP contribution in [0.4, 0.5) is 16.3 Å². The number of hydrogen-bond donors (Lipinski definition) is 1. The molecule has 0 aliphatic carbocycles. The summed E-state index contributed by atoms with van der Waals surface area (Å²) in [5.74, 6) is 0.526. The van der Waals surface area contributed by atoms with Gasteiger partial charge in [-0.05, 0) is 43.7 Å². The summed E-state index contributed by atoms with van der Waals surface area (Å²) in [6.07, 6.45) is 3.45. The molecule has 2 aromatic heterocycles. The lowest BCUT2D eigenvalue weighted by molar-refractivity contribution is 0.249. The Labute approximate surface area is 191 Å². The van der Waals surface area contributed by atoms with Crippen LogP contribution in [0.1, 0.15) is 12.8 Å². The van der Waals surface area contributed by atoms with E-state index in [0.29, 0.717) is 22.4 Å². The van der Waals surface area contributed by atoms with Crippen LogP contribution in [0, 0.1) is 0 Å². The van der Waals surface area contributed by atoms with E-state index >= 15 is 0 Å². The quantitative estimate of drug-likeness (QED) is 0.544. The molecule has 2 amide bonds. The molecule has 164 valence electrons. The van der Waals surface area contributed by atoms with Crippen LogP contribution in [0.25, 0.3) is 5.52 Å². The number of carbonyl (C=O) groups excluding carboxylic acids is 1. The molecule has 1 aliphatic rings. The van der Waals surface area contributed by atoms with Crippen molar-refractivity contribution in [2.75, 3.05) is 49.1 Å². The van der Waals surface area contributed by atoms with Crippen molar-refractivity contribution in [1.82, 2.24) is 19.7 Å². The summed E-state index contributed by atoms with van der Waals surface area (Å²) in [7, 11) is 0. The minimum atomic E-state index is -0.504. The van der Waals surface area contributed by atoms with Crippen LogP contribution in [-0.2, 0) is 0 Å². The monoisotopic (exact) mass is 461 g/mol. The van der Waals surface area contributed by atoms with Crippen LogP contribution >= 0.6 is 23.2 Å². The second-order valence-corrected chi connectivity index (χ2v) is 8.32. The van der Waals surface area contributed by atoms with Crippen molar-refractivity contribution in [3.05, 3.63) is 52.6 Å². The lowest BCUT2D eigenvalue weighted by atomic mass is 10.2. The van der Waals surface area contributed by atoms with Crippen molar-refractivity contribution in [2.45, 2.75) is 12.8 Å². The van der Waals surface area contributed by atoms with Gasteiger partial charge < -0.3 is 10.6 Å². The predicted molar refractivity (Wildman–Crippen MR) is 124 cm³/mol. The molecule has 2 N–H and O–H groups in total. The fraction of sp³-hybridized carbons (Fsp3) is 0.381. The van der Waals surface area contributed by atoms with Gasteiger partial charge in [-0.1, -0.05) is 29.3 Å². The van der Waals surface area contributed by atoms with E-state index < -0.39 is 6.03 Å². The Morgan fingerprint density at radius 1 is 1.10 bits per heavy atom. The van der Waals surface area contributed by atoms with Crippen molar-refractivity contribution in [3.8, 4) is 0 Å². The van der Waals surface area contributed by atoms with Gasteiger partial charge in [-0.3, -0.25) is 9.80 Å². The van der Waals surface area contributed by atoms with Crippen LogP contribution < -0.4 is 15.5 Å². The molecule has 10 heteroatoms. The number of fused-ring (bicyclic) bond motifs is 1. The fourth-order valence-electron chi connectivity index (χ4n) is 3.85. The molecule has 1 aromatic carbocycles. The molecule has 4 rings (SSSR count). The number of rotatable bonds is 7. The van der Waals surface area contributed by atoms with Crippen molar-refractivity contribution in [2.24, 2.45) is 5.73 Å². The van der Waals surface area contributed by atoms with E-state index in [1.807, 2.05) is 36.4 Å². The highest BCUT2D eigenvalue weighted by Gasteiger charge is 2.20. The van der Waals surface area contributed by atoms with Crippen LogP contribution in [0.15, 0.2) is 42.6 Å². The van der Waals surface area contributed by atoms with Crippen molar-refractivity contribution >= 4 is 46.3 Å². The zero-order valence-electron chi connectivity index (χ0n) is 17.1. The Morgan fingerprint density at radius 2 is 1.90 bits per heavy atom. The topological polar surface area (TPSA) is 83.0 Å². The summed E-state index contributed by atoms with van der Waals surface area (Å²) in [6, 6.07) is 10.8. The van der Waals surface area contributed by atoms with Crippen LogP contribution in [0.3, 0.4) is 0 Å². The maximum atomic E-state index is 11.9. The molecule has 1 aliphatic heterocycles. The van der Waals surface area contributed by atoms with Crippen molar-refractivity contribution < 1.29 is 4.79 Å². The summed E-state index contributed by atoms with van der Waals surface area (Å²) in [5, 5.41) is 9.69. The normalized spacial score (nSPS) is 14.8. The molecular formula is C21H25Cl2N7O. The van der Waals surface area contributed by atoms with E-state index in [0.717, 1.165) is 56.8 Å². The van der Waals surface area contributed by atoms with Gasteiger partial charge in [0.15, 0.2) is 5.82 Å². The lowest BCUT2D eigenvalue weighted by Gasteiger charge is -2.36. The van der Waals surface area contributed by atoms with Crippen LogP contribution in [0.5, 0.6) is 0 Å². The Hall–Kier alpha value is -2.55. The molecule has 3 heterocycles. The number of nitrogens with two attached hydrogens (primary N) is 1. The molecular weight excluding hydrogens is 437 g/mol. The van der Waals surface area contributed by atoms with Gasteiger partial charge in [0.1, 0.15) is 0 Å². The first-order valence-corrected chi connectivity index (χ1v) is 11.1. The molecule has 0 radical (unpaired) electrons. The number of unbranched alkanes of at least 4 members (excludes halogenated alkanes) is 1. The smallest absolute Gasteiger partial charge is 0.320 e. The molecule has 0 spiro atoms. The molecule has 0 bridgehead atoms. The number of primary amides is 1. The Bertz CT molecular complexity index is 1020. The number of hydrogen-bond acceptors (Lipinski definition) is 5. The second-order valence-electron chi connectivity index (χ2n) is 7.54. The van der Waals surface area contributed by atoms with E-state index in [4.69, 9.17) is 28.9 Å². The van der Waals surface area contributed by atoms with Crippen LogP contribution in [-0.4, -0.2) is 65.0 Å². The van der Waals surface area contributed by atoms with Gasteiger partial charge in [0.05, 0.1) is 21.2 Å². The number of carbonyl (C=O) groups is 1. The fourth-order valence-corrected chi connectivity index (χ4v) is 4.26. The first kappa shape index (κ1) is 21.7. The zero-order valence-corrected chi connectivity index (χ0v) is 18.6. The highest BCUT2D eigenvalue weighted by molar-refractivity contribution is 6.43. The molecule has 3 aromatic rings. The average molecular weight is 462 g/mol. The van der Waals surface area contributed by atoms with Crippen molar-refractivity contribution in [1.29, 1.82) is 0 Å². The van der Waals surface area contributed by atoms with Crippen molar-refractivity contribution in [3.63, 3.8) is 0 Å². The number of urea groups is 1. The third kappa shape index (κ3) is 5.03. The summed E-state index contributed by atoms with van der Waals surface area (Å²) in [6.45, 7) is 5.22. The molecule has 1 fully saturated rings. The number of piperazine rings is 1. The highest BCUT2D eigenvalue weighted by atomic mass is 35.5. The second kappa shape index (κ2) is 9.72. The average Bonchev–Trinajstić information content (AvgIpc) is 3.19. The van der Waals surface area contributed by atoms with Gasteiger partial charge in [-0.15, -0.1) is 9.73 Å². The SMILES string of the molecule is NC(=O)N(CCCCN1CCN(c2cccc(Cl)c2Cl)CC1)c1cc2cccnn2n1. The zero-order chi connectivity index (χ0) is 21.8. The number of nitrogens with zero attached hydrogens (tertiary/aromatic N) is 6. The van der Waals surface area contributed by atoms with Gasteiger partial charge in [0.25, 0.3) is 0 Å². The summed E-state index contributed by atoms with van der Waals surface area (Å²) in [5.41, 5.74) is 7.40.